The van der Waals surface area contributed by atoms with E-state index in [2.05, 4.69) is 0 Å². The van der Waals surface area contributed by atoms with Crippen molar-refractivity contribution in [2.45, 2.75) is 57.7 Å². The highest BCUT2D eigenvalue weighted by atomic mass is 16.6. The van der Waals surface area contributed by atoms with Gasteiger partial charge in [0.1, 0.15) is 37.4 Å². The minimum absolute atomic E-state index is 0.399. The summed E-state index contributed by atoms with van der Waals surface area (Å²) in [5, 5.41) is 38.1. The Bertz CT molecular complexity index is 388. The van der Waals surface area contributed by atoms with Crippen LogP contribution >= 0.6 is 0 Å². The fourth-order valence-corrected chi connectivity index (χ4v) is 2.15. The molecule has 4 N–H and O–H groups in total. The molecule has 0 aromatic carbocycles. The number of rotatable bonds is 4. The van der Waals surface area contributed by atoms with Crippen LogP contribution in [0.1, 0.15) is 27.2 Å². The van der Waals surface area contributed by atoms with Gasteiger partial charge in [0.05, 0.1) is 6.10 Å². The number of esters is 1. The molecule has 122 valence electrons. The molecule has 0 aliphatic carbocycles. The van der Waals surface area contributed by atoms with Crippen LogP contribution in [-0.2, 0) is 19.1 Å². The van der Waals surface area contributed by atoms with Gasteiger partial charge in [0.25, 0.3) is 0 Å². The van der Waals surface area contributed by atoms with Crippen LogP contribution in [0.5, 0.6) is 0 Å². The lowest BCUT2D eigenvalue weighted by Gasteiger charge is -2.45. The normalized spacial score (nSPS) is 33.5. The van der Waals surface area contributed by atoms with E-state index in [0.717, 1.165) is 0 Å². The summed E-state index contributed by atoms with van der Waals surface area (Å²) in [6, 6.07) is 0. The third-order valence-electron chi connectivity index (χ3n) is 3.27. The molecule has 8 nitrogen and oxygen atoms in total. The predicted molar refractivity (Wildman–Crippen MR) is 69.3 cm³/mol. The van der Waals surface area contributed by atoms with E-state index < -0.39 is 60.9 Å². The Hall–Kier alpha value is -1.22. The summed E-state index contributed by atoms with van der Waals surface area (Å²) in [6.45, 7) is 4.97. The van der Waals surface area contributed by atoms with Gasteiger partial charge >= 0.3 is 11.9 Å². The number of carboxylic acids is 1. The molecule has 1 fully saturated rings. The lowest BCUT2D eigenvalue weighted by molar-refractivity contribution is -0.252. The van der Waals surface area contributed by atoms with Crippen molar-refractivity contribution in [3.05, 3.63) is 0 Å². The first kappa shape index (κ1) is 17.8. The molecule has 0 saturated carbocycles. The van der Waals surface area contributed by atoms with Crippen LogP contribution in [0.4, 0.5) is 0 Å². The summed E-state index contributed by atoms with van der Waals surface area (Å²) in [6.07, 6.45) is -6.74. The Morgan fingerprint density at radius 1 is 1.10 bits per heavy atom. The van der Waals surface area contributed by atoms with E-state index in [1.165, 1.54) is 0 Å². The van der Waals surface area contributed by atoms with E-state index in [0.29, 0.717) is 0 Å². The fraction of sp³-hybridized carbons (Fsp3) is 0.846. The third-order valence-corrected chi connectivity index (χ3v) is 3.27. The van der Waals surface area contributed by atoms with Crippen LogP contribution in [0.3, 0.4) is 0 Å². The van der Waals surface area contributed by atoms with Gasteiger partial charge in [0.2, 0.25) is 0 Å². The highest BCUT2D eigenvalue weighted by Crippen LogP contribution is 2.33. The van der Waals surface area contributed by atoms with Gasteiger partial charge in [-0.15, -0.1) is 0 Å². The highest BCUT2D eigenvalue weighted by Gasteiger charge is 2.48. The molecule has 0 radical (unpaired) electrons. The van der Waals surface area contributed by atoms with Crippen molar-refractivity contribution >= 4 is 11.9 Å². The van der Waals surface area contributed by atoms with Crippen LogP contribution in [0, 0.1) is 5.41 Å². The fourth-order valence-electron chi connectivity index (χ4n) is 2.15. The molecule has 0 unspecified atom stereocenters. The molecule has 0 spiro atoms. The van der Waals surface area contributed by atoms with E-state index in [1.807, 2.05) is 0 Å². The predicted octanol–water partition coefficient (Wildman–Crippen LogP) is -1.10. The molecule has 8 heteroatoms. The van der Waals surface area contributed by atoms with Gasteiger partial charge in [-0.25, -0.2) is 0 Å². The first-order chi connectivity index (χ1) is 9.54. The SMILES string of the molecule is CC(C)(C)[C@@H]1O[C@H](COC(=O)CC(=O)O)[C@@H](O)[C@H](O)[C@H]1O. The third kappa shape index (κ3) is 4.63. The van der Waals surface area contributed by atoms with Crippen molar-refractivity contribution in [1.29, 1.82) is 0 Å². The monoisotopic (exact) mass is 306 g/mol. The van der Waals surface area contributed by atoms with Gasteiger partial charge in [0.15, 0.2) is 0 Å². The Kier molecular flexibility index (Phi) is 5.68. The van der Waals surface area contributed by atoms with Crippen LogP contribution in [-0.4, -0.2) is 69.5 Å². The lowest BCUT2D eigenvalue weighted by Crippen LogP contribution is -2.61. The second-order valence-corrected chi connectivity index (χ2v) is 6.19. The number of carbonyl (C=O) groups is 2. The summed E-state index contributed by atoms with van der Waals surface area (Å²) in [4.78, 5) is 21.5. The maximum absolute atomic E-state index is 11.2. The zero-order chi connectivity index (χ0) is 16.4. The number of hydrogen-bond acceptors (Lipinski definition) is 7. The second-order valence-electron chi connectivity index (χ2n) is 6.19. The average molecular weight is 306 g/mol. The Morgan fingerprint density at radius 3 is 2.14 bits per heavy atom. The van der Waals surface area contributed by atoms with Gasteiger partial charge in [-0.3, -0.25) is 9.59 Å². The van der Waals surface area contributed by atoms with Gasteiger partial charge in [-0.1, -0.05) is 20.8 Å². The van der Waals surface area contributed by atoms with Gasteiger partial charge in [-0.2, -0.15) is 0 Å². The zero-order valence-corrected chi connectivity index (χ0v) is 12.2. The first-order valence-electron chi connectivity index (χ1n) is 6.61. The number of ether oxygens (including phenoxy) is 2. The zero-order valence-electron chi connectivity index (χ0n) is 12.2. The molecule has 5 atom stereocenters. The number of aliphatic carboxylic acids is 1. The van der Waals surface area contributed by atoms with E-state index in [9.17, 15) is 24.9 Å². The molecule has 0 amide bonds. The number of carboxylic acid groups (broad SMARTS) is 1. The van der Waals surface area contributed by atoms with E-state index in [-0.39, 0.29) is 0 Å². The van der Waals surface area contributed by atoms with Crippen molar-refractivity contribution in [3.63, 3.8) is 0 Å². The first-order valence-corrected chi connectivity index (χ1v) is 6.61. The summed E-state index contributed by atoms with van der Waals surface area (Å²) in [5.74, 6) is -2.29. The molecule has 0 aromatic heterocycles. The number of hydrogen-bond donors (Lipinski definition) is 4. The van der Waals surface area contributed by atoms with Gasteiger partial charge < -0.3 is 29.9 Å². The minimum Gasteiger partial charge on any atom is -0.481 e. The van der Waals surface area contributed by atoms with Crippen molar-refractivity contribution < 1.29 is 39.5 Å². The van der Waals surface area contributed by atoms with E-state index in [4.69, 9.17) is 14.6 Å². The van der Waals surface area contributed by atoms with Crippen LogP contribution in [0.2, 0.25) is 0 Å². The molecule has 0 bridgehead atoms. The molecule has 1 aliphatic heterocycles. The Morgan fingerprint density at radius 2 is 1.67 bits per heavy atom. The van der Waals surface area contributed by atoms with Crippen molar-refractivity contribution in [1.82, 2.24) is 0 Å². The maximum Gasteiger partial charge on any atom is 0.317 e. The molecule has 1 rings (SSSR count). The smallest absolute Gasteiger partial charge is 0.317 e. The molecule has 1 saturated heterocycles. The molecule has 0 aromatic rings. The summed E-state index contributed by atoms with van der Waals surface area (Å²) in [5.41, 5.74) is -0.510. The summed E-state index contributed by atoms with van der Waals surface area (Å²) in [7, 11) is 0. The van der Waals surface area contributed by atoms with Crippen molar-refractivity contribution in [2.75, 3.05) is 6.61 Å². The Labute approximate surface area is 122 Å². The molecular formula is C13H22O8. The van der Waals surface area contributed by atoms with Crippen LogP contribution in [0.25, 0.3) is 0 Å². The standard InChI is InChI=1S/C13H22O8/c1-13(2,3)12-11(19)10(18)9(17)6(21-12)5-20-8(16)4-7(14)15/h6,9-12,17-19H,4-5H2,1-3H3,(H,14,15)/t6-,9-,10+,11-,12-/m1/s1. The lowest BCUT2D eigenvalue weighted by atomic mass is 9.80. The molecular weight excluding hydrogens is 284 g/mol. The van der Waals surface area contributed by atoms with Crippen molar-refractivity contribution in [3.8, 4) is 0 Å². The summed E-state index contributed by atoms with van der Waals surface area (Å²) < 4.78 is 10.2. The summed E-state index contributed by atoms with van der Waals surface area (Å²) >= 11 is 0. The molecule has 1 aliphatic rings. The van der Waals surface area contributed by atoms with Gasteiger partial charge in [0, 0.05) is 0 Å². The largest absolute Gasteiger partial charge is 0.481 e. The number of carbonyl (C=O) groups excluding carboxylic acids is 1. The van der Waals surface area contributed by atoms with Crippen LogP contribution < -0.4 is 0 Å². The van der Waals surface area contributed by atoms with E-state index in [1.54, 1.807) is 20.8 Å². The van der Waals surface area contributed by atoms with Crippen molar-refractivity contribution in [2.24, 2.45) is 5.41 Å². The maximum atomic E-state index is 11.2. The molecule has 21 heavy (non-hydrogen) atoms. The molecule has 1 heterocycles. The topological polar surface area (TPSA) is 134 Å². The quantitative estimate of drug-likeness (QED) is 0.380. The van der Waals surface area contributed by atoms with Crippen LogP contribution in [0.15, 0.2) is 0 Å². The second kappa shape index (κ2) is 6.69. The average Bonchev–Trinajstić information content (AvgIpc) is 2.32. The minimum atomic E-state index is -1.44. The van der Waals surface area contributed by atoms with E-state index >= 15 is 0 Å². The van der Waals surface area contributed by atoms with Gasteiger partial charge in [-0.05, 0) is 5.41 Å². The number of aliphatic hydroxyl groups is 3. The Balaban J connectivity index is 2.68. The number of aliphatic hydroxyl groups excluding tert-OH is 3. The highest BCUT2D eigenvalue weighted by molar-refractivity contribution is 5.90.